The standard InChI is InChI=1S/C16H22N4OS.ClH/c1-2-16(22-9-1)15-10-13(18-21-15)12-19-5-7-20(8-6-19)14-3-4-17-11-14;/h1-2,9-10,14,17H,3-8,11-12H2;1H. The average Bonchev–Trinajstić information content (AvgIpc) is 3.30. The van der Waals surface area contributed by atoms with Crippen LogP contribution in [0.5, 0.6) is 0 Å². The Bertz CT molecular complexity index is 589. The van der Waals surface area contributed by atoms with Crippen LogP contribution in [0.3, 0.4) is 0 Å². The van der Waals surface area contributed by atoms with Crippen LogP contribution in [0, 0.1) is 0 Å². The highest BCUT2D eigenvalue weighted by atomic mass is 35.5. The van der Waals surface area contributed by atoms with Gasteiger partial charge in [0.15, 0.2) is 5.76 Å². The molecule has 2 aliphatic heterocycles. The second-order valence-electron chi connectivity index (χ2n) is 6.12. The van der Waals surface area contributed by atoms with E-state index in [0.717, 1.165) is 48.6 Å². The third-order valence-corrected chi connectivity index (χ3v) is 5.55. The van der Waals surface area contributed by atoms with E-state index in [1.807, 2.05) is 6.07 Å². The van der Waals surface area contributed by atoms with Gasteiger partial charge in [-0.1, -0.05) is 11.2 Å². The smallest absolute Gasteiger partial charge is 0.177 e. The molecule has 1 N–H and O–H groups in total. The van der Waals surface area contributed by atoms with E-state index in [-0.39, 0.29) is 12.4 Å². The minimum absolute atomic E-state index is 0. The van der Waals surface area contributed by atoms with Crippen molar-refractivity contribution in [1.29, 1.82) is 0 Å². The maximum absolute atomic E-state index is 5.47. The van der Waals surface area contributed by atoms with Gasteiger partial charge >= 0.3 is 0 Å². The van der Waals surface area contributed by atoms with Crippen LogP contribution < -0.4 is 5.32 Å². The Morgan fingerprint density at radius 2 is 2.17 bits per heavy atom. The maximum Gasteiger partial charge on any atom is 0.177 e. The molecule has 0 aromatic carbocycles. The van der Waals surface area contributed by atoms with E-state index in [4.69, 9.17) is 4.52 Å². The van der Waals surface area contributed by atoms with Crippen LogP contribution in [0.1, 0.15) is 12.1 Å². The molecule has 0 spiro atoms. The monoisotopic (exact) mass is 354 g/mol. The van der Waals surface area contributed by atoms with Gasteiger partial charge in [-0.15, -0.1) is 23.7 Å². The summed E-state index contributed by atoms with van der Waals surface area (Å²) in [5, 5.41) is 9.75. The zero-order chi connectivity index (χ0) is 14.8. The molecule has 0 amide bonds. The molecule has 1 atom stereocenters. The summed E-state index contributed by atoms with van der Waals surface area (Å²) in [6.07, 6.45) is 1.30. The van der Waals surface area contributed by atoms with Crippen molar-refractivity contribution < 1.29 is 4.52 Å². The summed E-state index contributed by atoms with van der Waals surface area (Å²) in [6, 6.07) is 6.95. The topological polar surface area (TPSA) is 44.5 Å². The highest BCUT2D eigenvalue weighted by Crippen LogP contribution is 2.25. The van der Waals surface area contributed by atoms with Gasteiger partial charge in [0.25, 0.3) is 0 Å². The van der Waals surface area contributed by atoms with Crippen LogP contribution in [-0.4, -0.2) is 60.3 Å². The van der Waals surface area contributed by atoms with Gasteiger partial charge in [0, 0.05) is 51.4 Å². The van der Waals surface area contributed by atoms with Crippen molar-refractivity contribution in [1.82, 2.24) is 20.3 Å². The molecule has 2 aromatic rings. The lowest BCUT2D eigenvalue weighted by Crippen LogP contribution is -2.50. The number of halogens is 1. The lowest BCUT2D eigenvalue weighted by atomic mass is 10.2. The van der Waals surface area contributed by atoms with Crippen LogP contribution in [0.2, 0.25) is 0 Å². The Morgan fingerprint density at radius 3 is 2.87 bits per heavy atom. The lowest BCUT2D eigenvalue weighted by molar-refractivity contribution is 0.0966. The third-order valence-electron chi connectivity index (χ3n) is 4.67. The molecule has 4 rings (SSSR count). The van der Waals surface area contributed by atoms with Crippen molar-refractivity contribution in [3.8, 4) is 10.6 Å². The van der Waals surface area contributed by atoms with E-state index in [0.29, 0.717) is 0 Å². The van der Waals surface area contributed by atoms with Gasteiger partial charge in [-0.05, 0) is 24.4 Å². The normalized spacial score (nSPS) is 23.0. The third kappa shape index (κ3) is 3.95. The van der Waals surface area contributed by atoms with Crippen LogP contribution in [0.4, 0.5) is 0 Å². The number of hydrogen-bond acceptors (Lipinski definition) is 6. The molecule has 7 heteroatoms. The number of nitrogens with zero attached hydrogens (tertiary/aromatic N) is 3. The fourth-order valence-electron chi connectivity index (χ4n) is 3.39. The van der Waals surface area contributed by atoms with Gasteiger partial charge in [0.2, 0.25) is 0 Å². The summed E-state index contributed by atoms with van der Waals surface area (Å²) in [7, 11) is 0. The van der Waals surface area contributed by atoms with Gasteiger partial charge in [0.05, 0.1) is 10.6 Å². The predicted molar refractivity (Wildman–Crippen MR) is 95.2 cm³/mol. The molecule has 0 bridgehead atoms. The van der Waals surface area contributed by atoms with Gasteiger partial charge in [-0.3, -0.25) is 9.80 Å². The molecule has 2 saturated heterocycles. The Labute approximate surface area is 147 Å². The Hall–Kier alpha value is -0.920. The minimum atomic E-state index is 0. The molecule has 4 heterocycles. The van der Waals surface area contributed by atoms with Crippen molar-refractivity contribution in [3.05, 3.63) is 29.3 Å². The fourth-order valence-corrected chi connectivity index (χ4v) is 4.06. The summed E-state index contributed by atoms with van der Waals surface area (Å²) in [5.74, 6) is 0.890. The van der Waals surface area contributed by atoms with Crippen LogP contribution in [0.25, 0.3) is 10.6 Å². The molecular weight excluding hydrogens is 332 g/mol. The molecule has 0 aliphatic carbocycles. The van der Waals surface area contributed by atoms with E-state index in [1.54, 1.807) is 11.3 Å². The summed E-state index contributed by atoms with van der Waals surface area (Å²) in [5.41, 5.74) is 1.04. The number of aromatic nitrogens is 1. The quantitative estimate of drug-likeness (QED) is 0.912. The van der Waals surface area contributed by atoms with Gasteiger partial charge < -0.3 is 9.84 Å². The molecule has 0 saturated carbocycles. The number of thiophene rings is 1. The Kier molecular flexibility index (Phi) is 5.71. The van der Waals surface area contributed by atoms with Gasteiger partial charge in [-0.2, -0.15) is 0 Å². The molecule has 2 aromatic heterocycles. The molecule has 126 valence electrons. The van der Waals surface area contributed by atoms with E-state index in [1.165, 1.54) is 26.1 Å². The average molecular weight is 355 g/mol. The summed E-state index contributed by atoms with van der Waals surface area (Å²) >= 11 is 1.69. The highest BCUT2D eigenvalue weighted by molar-refractivity contribution is 7.13. The van der Waals surface area contributed by atoms with Crippen molar-refractivity contribution in [2.75, 3.05) is 39.3 Å². The van der Waals surface area contributed by atoms with E-state index >= 15 is 0 Å². The predicted octanol–water partition coefficient (Wildman–Crippen LogP) is 2.30. The zero-order valence-corrected chi connectivity index (χ0v) is 14.7. The minimum Gasteiger partial charge on any atom is -0.355 e. The molecule has 1 unspecified atom stereocenters. The van der Waals surface area contributed by atoms with Gasteiger partial charge in [-0.25, -0.2) is 0 Å². The number of rotatable bonds is 4. The van der Waals surface area contributed by atoms with Crippen molar-refractivity contribution in [3.63, 3.8) is 0 Å². The summed E-state index contributed by atoms with van der Waals surface area (Å²) < 4.78 is 5.47. The largest absolute Gasteiger partial charge is 0.355 e. The molecule has 2 aliphatic rings. The molecule has 5 nitrogen and oxygen atoms in total. The molecule has 0 radical (unpaired) electrons. The molecule has 23 heavy (non-hydrogen) atoms. The van der Waals surface area contributed by atoms with Crippen LogP contribution >= 0.6 is 23.7 Å². The van der Waals surface area contributed by atoms with Crippen molar-refractivity contribution >= 4 is 23.7 Å². The van der Waals surface area contributed by atoms with Crippen molar-refractivity contribution in [2.45, 2.75) is 19.0 Å². The van der Waals surface area contributed by atoms with Crippen LogP contribution in [0.15, 0.2) is 28.1 Å². The SMILES string of the molecule is Cl.c1csc(-c2cc(CN3CCN(C4CCNC4)CC3)no2)c1. The lowest BCUT2D eigenvalue weighted by Gasteiger charge is -2.37. The van der Waals surface area contributed by atoms with Gasteiger partial charge in [0.1, 0.15) is 0 Å². The Morgan fingerprint density at radius 1 is 1.30 bits per heavy atom. The summed E-state index contributed by atoms with van der Waals surface area (Å²) in [4.78, 5) is 6.27. The first kappa shape index (κ1) is 16.9. The van der Waals surface area contributed by atoms with Crippen LogP contribution in [-0.2, 0) is 6.54 Å². The molecule has 2 fully saturated rings. The second-order valence-corrected chi connectivity index (χ2v) is 7.07. The summed E-state index contributed by atoms with van der Waals surface area (Å²) in [6.45, 7) is 7.81. The van der Waals surface area contributed by atoms with E-state index in [9.17, 15) is 0 Å². The fraction of sp³-hybridized carbons (Fsp3) is 0.562. The van der Waals surface area contributed by atoms with E-state index in [2.05, 4.69) is 37.8 Å². The zero-order valence-electron chi connectivity index (χ0n) is 13.1. The number of hydrogen-bond donors (Lipinski definition) is 1. The number of piperazine rings is 1. The highest BCUT2D eigenvalue weighted by Gasteiger charge is 2.26. The molecular formula is C16H23ClN4OS. The number of nitrogens with one attached hydrogen (secondary N) is 1. The maximum atomic E-state index is 5.47. The van der Waals surface area contributed by atoms with E-state index < -0.39 is 0 Å². The second kappa shape index (κ2) is 7.77. The first-order valence-electron chi connectivity index (χ1n) is 8.05. The first-order chi connectivity index (χ1) is 10.9. The van der Waals surface area contributed by atoms with Crippen molar-refractivity contribution in [2.24, 2.45) is 0 Å². The first-order valence-corrected chi connectivity index (χ1v) is 8.93. The Balaban J connectivity index is 0.00000156.